The highest BCUT2D eigenvalue weighted by atomic mass is 79.9. The van der Waals surface area contributed by atoms with Gasteiger partial charge in [-0.15, -0.1) is 11.8 Å². The van der Waals surface area contributed by atoms with E-state index in [2.05, 4.69) is 34.2 Å². The summed E-state index contributed by atoms with van der Waals surface area (Å²) in [5.74, 6) is 1.44. The Kier molecular flexibility index (Phi) is 5.52. The van der Waals surface area contributed by atoms with E-state index >= 15 is 0 Å². The molecular formula is C15H21BrN2OS. The first-order chi connectivity index (χ1) is 9.55. The molecule has 3 nitrogen and oxygen atoms in total. The monoisotopic (exact) mass is 356 g/mol. The summed E-state index contributed by atoms with van der Waals surface area (Å²) in [5.41, 5.74) is 5.60. The van der Waals surface area contributed by atoms with Gasteiger partial charge < -0.3 is 11.1 Å². The average Bonchev–Trinajstić information content (AvgIpc) is 3.25. The number of hydrogen-bond acceptors (Lipinski definition) is 3. The Morgan fingerprint density at radius 1 is 1.50 bits per heavy atom. The molecular weight excluding hydrogens is 336 g/mol. The van der Waals surface area contributed by atoms with Crippen molar-refractivity contribution in [2.75, 3.05) is 12.3 Å². The smallest absolute Gasteiger partial charge is 0.221 e. The van der Waals surface area contributed by atoms with Crippen molar-refractivity contribution in [3.63, 3.8) is 0 Å². The van der Waals surface area contributed by atoms with Crippen molar-refractivity contribution in [1.82, 2.24) is 5.32 Å². The van der Waals surface area contributed by atoms with Crippen LogP contribution >= 0.6 is 27.7 Å². The average molecular weight is 357 g/mol. The number of nitrogens with one attached hydrogen (secondary N) is 1. The fourth-order valence-electron chi connectivity index (χ4n) is 2.24. The highest BCUT2D eigenvalue weighted by Crippen LogP contribution is 2.39. The zero-order valence-electron chi connectivity index (χ0n) is 11.7. The van der Waals surface area contributed by atoms with E-state index in [1.165, 1.54) is 17.7 Å². The molecule has 1 fully saturated rings. The molecule has 1 saturated carbocycles. The van der Waals surface area contributed by atoms with E-state index < -0.39 is 0 Å². The van der Waals surface area contributed by atoms with E-state index in [-0.39, 0.29) is 11.4 Å². The van der Waals surface area contributed by atoms with Crippen LogP contribution in [0.5, 0.6) is 0 Å². The molecule has 1 aliphatic carbocycles. The van der Waals surface area contributed by atoms with Crippen LogP contribution in [-0.2, 0) is 4.79 Å². The number of carbonyl (C=O) groups excluding carboxylic acids is 1. The van der Waals surface area contributed by atoms with Gasteiger partial charge >= 0.3 is 0 Å². The molecule has 0 aliphatic heterocycles. The van der Waals surface area contributed by atoms with Gasteiger partial charge in [0, 0.05) is 28.1 Å². The van der Waals surface area contributed by atoms with Crippen LogP contribution in [0.3, 0.4) is 0 Å². The van der Waals surface area contributed by atoms with Gasteiger partial charge in [-0.25, -0.2) is 0 Å². The van der Waals surface area contributed by atoms with Crippen LogP contribution in [0.1, 0.15) is 26.2 Å². The zero-order valence-corrected chi connectivity index (χ0v) is 14.1. The molecule has 3 N–H and O–H groups in total. The zero-order chi connectivity index (χ0) is 14.6. The van der Waals surface area contributed by atoms with E-state index in [0.717, 1.165) is 10.2 Å². The second-order valence-electron chi connectivity index (χ2n) is 5.47. The van der Waals surface area contributed by atoms with Gasteiger partial charge in [0.05, 0.1) is 5.54 Å². The van der Waals surface area contributed by atoms with Crippen molar-refractivity contribution in [3.8, 4) is 0 Å². The van der Waals surface area contributed by atoms with Crippen LogP contribution in [0.4, 0.5) is 0 Å². The molecule has 1 aliphatic rings. The summed E-state index contributed by atoms with van der Waals surface area (Å²) >= 11 is 5.21. The maximum atomic E-state index is 12.0. The van der Waals surface area contributed by atoms with E-state index in [9.17, 15) is 4.79 Å². The van der Waals surface area contributed by atoms with Crippen LogP contribution in [0.15, 0.2) is 33.6 Å². The van der Waals surface area contributed by atoms with Crippen molar-refractivity contribution < 1.29 is 4.79 Å². The largest absolute Gasteiger partial charge is 0.349 e. The predicted molar refractivity (Wildman–Crippen MR) is 87.8 cm³/mol. The number of amides is 1. The number of hydrogen-bond donors (Lipinski definition) is 2. The third kappa shape index (κ3) is 4.24. The Balaban J connectivity index is 1.77. The third-order valence-electron chi connectivity index (χ3n) is 3.75. The summed E-state index contributed by atoms with van der Waals surface area (Å²) in [4.78, 5) is 13.2. The highest BCUT2D eigenvalue weighted by Gasteiger charge is 2.41. The molecule has 2 rings (SSSR count). The lowest BCUT2D eigenvalue weighted by Gasteiger charge is -2.29. The van der Waals surface area contributed by atoms with E-state index in [0.29, 0.717) is 18.9 Å². The van der Waals surface area contributed by atoms with Crippen molar-refractivity contribution in [3.05, 3.63) is 28.7 Å². The number of halogens is 1. The van der Waals surface area contributed by atoms with Crippen LogP contribution in [0, 0.1) is 5.92 Å². The SMILES string of the molecule is CC(CN)(NC(=O)CCSc1ccccc1Br)C1CC1. The summed E-state index contributed by atoms with van der Waals surface area (Å²) in [6, 6.07) is 8.07. The normalized spacial score (nSPS) is 17.6. The van der Waals surface area contributed by atoms with Crippen molar-refractivity contribution in [2.45, 2.75) is 36.6 Å². The minimum atomic E-state index is -0.213. The molecule has 0 radical (unpaired) electrons. The highest BCUT2D eigenvalue weighted by molar-refractivity contribution is 9.10. The summed E-state index contributed by atoms with van der Waals surface area (Å²) in [7, 11) is 0. The summed E-state index contributed by atoms with van der Waals surface area (Å²) in [6.45, 7) is 2.57. The standard InChI is InChI=1S/C15H21BrN2OS/c1-15(10-17,11-6-7-11)18-14(19)8-9-20-13-5-3-2-4-12(13)16/h2-5,11H,6-10,17H2,1H3,(H,18,19). The maximum Gasteiger partial charge on any atom is 0.221 e. The minimum Gasteiger partial charge on any atom is -0.349 e. The van der Waals surface area contributed by atoms with Crippen molar-refractivity contribution >= 4 is 33.6 Å². The first-order valence-electron chi connectivity index (χ1n) is 6.93. The lowest BCUT2D eigenvalue weighted by atomic mass is 9.96. The molecule has 1 aromatic carbocycles. The Morgan fingerprint density at radius 3 is 2.80 bits per heavy atom. The van der Waals surface area contributed by atoms with E-state index in [1.807, 2.05) is 18.2 Å². The number of carbonyl (C=O) groups is 1. The quantitative estimate of drug-likeness (QED) is 0.737. The maximum absolute atomic E-state index is 12.0. The molecule has 0 aromatic heterocycles. The van der Waals surface area contributed by atoms with Gasteiger partial charge in [0.15, 0.2) is 0 Å². The van der Waals surface area contributed by atoms with Crippen LogP contribution in [0.25, 0.3) is 0 Å². The molecule has 1 atom stereocenters. The molecule has 0 bridgehead atoms. The lowest BCUT2D eigenvalue weighted by Crippen LogP contribution is -2.53. The number of benzene rings is 1. The van der Waals surface area contributed by atoms with Gasteiger partial charge in [-0.05, 0) is 53.7 Å². The second kappa shape index (κ2) is 6.96. The molecule has 0 saturated heterocycles. The number of rotatable bonds is 7. The predicted octanol–water partition coefficient (Wildman–Crippen LogP) is 3.17. The fourth-order valence-corrected chi connectivity index (χ4v) is 3.75. The van der Waals surface area contributed by atoms with E-state index in [4.69, 9.17) is 5.73 Å². The van der Waals surface area contributed by atoms with Crippen LogP contribution in [0.2, 0.25) is 0 Å². The summed E-state index contributed by atoms with van der Waals surface area (Å²) in [5, 5.41) is 3.12. The molecule has 110 valence electrons. The second-order valence-corrected chi connectivity index (χ2v) is 7.46. The van der Waals surface area contributed by atoms with Crippen LogP contribution in [-0.4, -0.2) is 23.7 Å². The third-order valence-corrected chi connectivity index (χ3v) is 5.78. The molecule has 0 spiro atoms. The van der Waals surface area contributed by atoms with Crippen molar-refractivity contribution in [1.29, 1.82) is 0 Å². The topological polar surface area (TPSA) is 55.1 Å². The van der Waals surface area contributed by atoms with Gasteiger partial charge in [0.25, 0.3) is 0 Å². The molecule has 1 amide bonds. The van der Waals surface area contributed by atoms with Crippen molar-refractivity contribution in [2.24, 2.45) is 11.7 Å². The molecule has 20 heavy (non-hydrogen) atoms. The van der Waals surface area contributed by atoms with Crippen LogP contribution < -0.4 is 11.1 Å². The first-order valence-corrected chi connectivity index (χ1v) is 8.71. The van der Waals surface area contributed by atoms with Gasteiger partial charge in [-0.1, -0.05) is 12.1 Å². The fraction of sp³-hybridized carbons (Fsp3) is 0.533. The van der Waals surface area contributed by atoms with Gasteiger partial charge in [-0.3, -0.25) is 4.79 Å². The summed E-state index contributed by atoms with van der Waals surface area (Å²) < 4.78 is 1.08. The Labute approximate surface area is 133 Å². The Hall–Kier alpha value is -0.520. The molecule has 1 aromatic rings. The van der Waals surface area contributed by atoms with Gasteiger partial charge in [0.1, 0.15) is 0 Å². The molecule has 0 heterocycles. The van der Waals surface area contributed by atoms with Gasteiger partial charge in [0.2, 0.25) is 5.91 Å². The Bertz CT molecular complexity index is 479. The molecule has 5 heteroatoms. The summed E-state index contributed by atoms with van der Waals surface area (Å²) in [6.07, 6.45) is 2.88. The first kappa shape index (κ1) is 15.9. The Morgan fingerprint density at radius 2 is 2.20 bits per heavy atom. The lowest BCUT2D eigenvalue weighted by molar-refractivity contribution is -0.122. The molecule has 1 unspecified atom stereocenters. The minimum absolute atomic E-state index is 0.101. The van der Waals surface area contributed by atoms with Gasteiger partial charge in [-0.2, -0.15) is 0 Å². The number of thioether (sulfide) groups is 1. The number of nitrogens with two attached hydrogens (primary N) is 1. The van der Waals surface area contributed by atoms with E-state index in [1.54, 1.807) is 11.8 Å².